The first-order valence-electron chi connectivity index (χ1n) is 9.63. The van der Waals surface area contributed by atoms with Crippen LogP contribution in [0.3, 0.4) is 0 Å². The van der Waals surface area contributed by atoms with Gasteiger partial charge in [-0.15, -0.1) is 0 Å². The molecule has 2 atom stereocenters. The van der Waals surface area contributed by atoms with E-state index in [0.717, 1.165) is 35.6 Å². The summed E-state index contributed by atoms with van der Waals surface area (Å²) >= 11 is 0. The van der Waals surface area contributed by atoms with E-state index in [1.54, 1.807) is 25.3 Å². The lowest BCUT2D eigenvalue weighted by molar-refractivity contribution is -0.126. The van der Waals surface area contributed by atoms with Crippen LogP contribution in [0.25, 0.3) is 0 Å². The molecule has 0 unspecified atom stereocenters. The van der Waals surface area contributed by atoms with Gasteiger partial charge in [0.1, 0.15) is 6.04 Å². The smallest absolute Gasteiger partial charge is 0.280 e. The molecule has 0 radical (unpaired) electrons. The van der Waals surface area contributed by atoms with Crippen molar-refractivity contribution in [3.63, 3.8) is 0 Å². The van der Waals surface area contributed by atoms with Crippen LogP contribution in [-0.4, -0.2) is 52.0 Å². The fourth-order valence-electron chi connectivity index (χ4n) is 3.94. The third-order valence-electron chi connectivity index (χ3n) is 5.63. The van der Waals surface area contributed by atoms with Crippen LogP contribution in [0.1, 0.15) is 50.1 Å². The van der Waals surface area contributed by atoms with Crippen molar-refractivity contribution >= 4 is 16.1 Å². The third kappa shape index (κ3) is 4.42. The van der Waals surface area contributed by atoms with E-state index < -0.39 is 22.3 Å². The Balaban J connectivity index is 1.81. The van der Waals surface area contributed by atoms with Gasteiger partial charge in [-0.05, 0) is 37.0 Å². The summed E-state index contributed by atoms with van der Waals surface area (Å²) in [6.07, 6.45) is 5.62. The van der Waals surface area contributed by atoms with Gasteiger partial charge in [0.25, 0.3) is 10.2 Å². The Kier molecular flexibility index (Phi) is 6.47. The number of amides is 1. The summed E-state index contributed by atoms with van der Waals surface area (Å²) in [7, 11) is 0.736. The summed E-state index contributed by atoms with van der Waals surface area (Å²) in [5.74, 6) is 0.847. The minimum absolute atomic E-state index is 0.131. The zero-order valence-electron chi connectivity index (χ0n) is 16.6. The summed E-state index contributed by atoms with van der Waals surface area (Å²) < 4.78 is 39.6. The van der Waals surface area contributed by atoms with Gasteiger partial charge >= 0.3 is 0 Å². The fraction of sp³-hybridized carbons (Fsp3) is 0.632. The molecular weight excluding hydrogens is 382 g/mol. The molecule has 3 rings (SSSR count). The number of benzene rings is 1. The number of hydrogen-bond donors (Lipinski definition) is 2. The number of nitrogens with one attached hydrogen (secondary N) is 2. The summed E-state index contributed by atoms with van der Waals surface area (Å²) in [5, 5.41) is 3.05. The van der Waals surface area contributed by atoms with Gasteiger partial charge in [0.05, 0.1) is 20.3 Å². The molecule has 1 aromatic rings. The molecule has 1 heterocycles. The first-order chi connectivity index (χ1) is 13.4. The van der Waals surface area contributed by atoms with Gasteiger partial charge < -0.3 is 14.8 Å². The Morgan fingerprint density at radius 1 is 1.14 bits per heavy atom. The highest BCUT2D eigenvalue weighted by atomic mass is 32.2. The van der Waals surface area contributed by atoms with Crippen LogP contribution in [0.15, 0.2) is 18.2 Å². The monoisotopic (exact) mass is 411 g/mol. The van der Waals surface area contributed by atoms with Gasteiger partial charge in [-0.25, -0.2) is 0 Å². The summed E-state index contributed by atoms with van der Waals surface area (Å²) in [5.41, 5.74) is 0.727. The van der Waals surface area contributed by atoms with Crippen LogP contribution < -0.4 is 19.5 Å². The summed E-state index contributed by atoms with van der Waals surface area (Å²) in [6.45, 7) is 0. The second-order valence-electron chi connectivity index (χ2n) is 7.40. The lowest BCUT2D eigenvalue weighted by Gasteiger charge is -2.37. The highest BCUT2D eigenvalue weighted by Gasteiger charge is 2.41. The summed E-state index contributed by atoms with van der Waals surface area (Å²) in [6, 6.07) is 4.11. The standard InChI is InChI=1S/C19H29N3O5S/c1-22-16(19(23)20-14-7-5-4-6-8-14)12-15(21-28(22,24)25)13-9-10-17(26-2)18(11-13)27-3/h9-11,14-16,21H,4-8,12H2,1-3H3,(H,20,23)/t15-,16+/m0/s1. The van der Waals surface area contributed by atoms with E-state index in [1.807, 2.05) is 0 Å². The van der Waals surface area contributed by atoms with Gasteiger partial charge in [-0.3, -0.25) is 4.79 Å². The molecule has 1 amide bonds. The molecule has 1 aromatic carbocycles. The molecule has 28 heavy (non-hydrogen) atoms. The van der Waals surface area contributed by atoms with Crippen molar-refractivity contribution in [2.45, 2.75) is 56.7 Å². The van der Waals surface area contributed by atoms with E-state index in [2.05, 4.69) is 10.0 Å². The Morgan fingerprint density at radius 3 is 2.46 bits per heavy atom. The first kappa shape index (κ1) is 20.9. The molecular formula is C19H29N3O5S. The van der Waals surface area contributed by atoms with Gasteiger partial charge in [0.2, 0.25) is 5.91 Å². The average Bonchev–Trinajstić information content (AvgIpc) is 2.69. The fourth-order valence-corrected chi connectivity index (χ4v) is 5.22. The molecule has 0 bridgehead atoms. The van der Waals surface area contributed by atoms with Crippen molar-refractivity contribution in [3.8, 4) is 11.5 Å². The van der Waals surface area contributed by atoms with Crippen LogP contribution in [0.5, 0.6) is 11.5 Å². The quantitative estimate of drug-likeness (QED) is 0.769. The van der Waals surface area contributed by atoms with Gasteiger partial charge in [-0.2, -0.15) is 17.4 Å². The number of carbonyl (C=O) groups excluding carboxylic acids is 1. The Labute approximate surface area is 166 Å². The summed E-state index contributed by atoms with van der Waals surface area (Å²) in [4.78, 5) is 12.9. The molecule has 1 aliphatic carbocycles. The van der Waals surface area contributed by atoms with Crippen LogP contribution >= 0.6 is 0 Å². The molecule has 0 aromatic heterocycles. The average molecular weight is 412 g/mol. The van der Waals surface area contributed by atoms with E-state index in [4.69, 9.17) is 9.47 Å². The molecule has 2 fully saturated rings. The maximum Gasteiger partial charge on any atom is 0.280 e. The van der Waals surface area contributed by atoms with Gasteiger partial charge in [0, 0.05) is 13.1 Å². The predicted molar refractivity (Wildman–Crippen MR) is 106 cm³/mol. The number of methoxy groups -OCH3 is 2. The number of likely N-dealkylation sites (N-methyl/N-ethyl adjacent to an activating group) is 1. The van der Waals surface area contributed by atoms with E-state index in [0.29, 0.717) is 17.9 Å². The molecule has 2 N–H and O–H groups in total. The maximum atomic E-state index is 12.9. The minimum atomic E-state index is -3.78. The second-order valence-corrected chi connectivity index (χ2v) is 9.16. The van der Waals surface area contributed by atoms with Crippen LogP contribution in [0.2, 0.25) is 0 Å². The van der Waals surface area contributed by atoms with Crippen molar-refractivity contribution in [1.82, 2.24) is 14.3 Å². The number of carbonyl (C=O) groups is 1. The molecule has 9 heteroatoms. The highest BCUT2D eigenvalue weighted by Crippen LogP contribution is 2.34. The minimum Gasteiger partial charge on any atom is -0.493 e. The number of nitrogens with zero attached hydrogens (tertiary/aromatic N) is 1. The van der Waals surface area contributed by atoms with Crippen LogP contribution in [0.4, 0.5) is 0 Å². The Hall–Kier alpha value is -1.84. The molecule has 0 spiro atoms. The van der Waals surface area contributed by atoms with Crippen LogP contribution in [0, 0.1) is 0 Å². The third-order valence-corrected chi connectivity index (χ3v) is 7.23. The Morgan fingerprint density at radius 2 is 1.82 bits per heavy atom. The van der Waals surface area contributed by atoms with E-state index in [1.165, 1.54) is 20.6 Å². The zero-order valence-corrected chi connectivity index (χ0v) is 17.4. The van der Waals surface area contributed by atoms with E-state index >= 15 is 0 Å². The lowest BCUT2D eigenvalue weighted by atomic mass is 9.94. The van der Waals surface area contributed by atoms with Crippen molar-refractivity contribution in [1.29, 1.82) is 0 Å². The molecule has 8 nitrogen and oxygen atoms in total. The molecule has 2 aliphatic rings. The van der Waals surface area contributed by atoms with Crippen molar-refractivity contribution < 1.29 is 22.7 Å². The molecule has 156 valence electrons. The van der Waals surface area contributed by atoms with E-state index in [9.17, 15) is 13.2 Å². The van der Waals surface area contributed by atoms with Crippen molar-refractivity contribution in [2.24, 2.45) is 0 Å². The number of ether oxygens (including phenoxy) is 2. The van der Waals surface area contributed by atoms with Crippen molar-refractivity contribution in [2.75, 3.05) is 21.3 Å². The van der Waals surface area contributed by atoms with Gasteiger partial charge in [-0.1, -0.05) is 25.3 Å². The lowest BCUT2D eigenvalue weighted by Crippen LogP contribution is -2.58. The van der Waals surface area contributed by atoms with Crippen LogP contribution in [-0.2, 0) is 15.0 Å². The Bertz CT molecular complexity index is 808. The number of rotatable bonds is 5. The molecule has 1 saturated carbocycles. The van der Waals surface area contributed by atoms with E-state index in [-0.39, 0.29) is 11.9 Å². The molecule has 1 saturated heterocycles. The SMILES string of the molecule is COc1ccc([C@@H]2C[C@H](C(=O)NC3CCCCC3)N(C)S(=O)(=O)N2)cc1OC. The van der Waals surface area contributed by atoms with Gasteiger partial charge in [0.15, 0.2) is 11.5 Å². The highest BCUT2D eigenvalue weighted by molar-refractivity contribution is 7.87. The molecule has 1 aliphatic heterocycles. The largest absolute Gasteiger partial charge is 0.493 e. The maximum absolute atomic E-state index is 12.9. The first-order valence-corrected chi connectivity index (χ1v) is 11.1. The number of hydrogen-bond acceptors (Lipinski definition) is 5. The topological polar surface area (TPSA) is 97.0 Å². The normalized spacial score (nSPS) is 25.8. The predicted octanol–water partition coefficient (Wildman–Crippen LogP) is 1.73. The zero-order chi connectivity index (χ0) is 20.3. The second kappa shape index (κ2) is 8.67. The van der Waals surface area contributed by atoms with Crippen molar-refractivity contribution in [3.05, 3.63) is 23.8 Å².